The Kier molecular flexibility index (Phi) is 4.53. The third-order valence-corrected chi connectivity index (χ3v) is 3.06. The number of aliphatic hydroxyl groups excluding tert-OH is 1. The van der Waals surface area contributed by atoms with Crippen LogP contribution in [0.1, 0.15) is 17.3 Å². The van der Waals surface area contributed by atoms with Crippen LogP contribution in [-0.4, -0.2) is 35.6 Å². The van der Waals surface area contributed by atoms with E-state index >= 15 is 0 Å². The number of hydrogen-bond donors (Lipinski definition) is 1. The highest BCUT2D eigenvalue weighted by Gasteiger charge is 2.16. The molecule has 0 aliphatic heterocycles. The van der Waals surface area contributed by atoms with Crippen molar-refractivity contribution < 1.29 is 9.90 Å². The molecule has 0 spiro atoms. The van der Waals surface area contributed by atoms with Crippen LogP contribution in [0.4, 0.5) is 0 Å². The lowest BCUT2D eigenvalue weighted by atomic mass is 10.2. The smallest absolute Gasteiger partial charge is 0.253 e. The summed E-state index contributed by atoms with van der Waals surface area (Å²) in [5.41, 5.74) is 0.651. The van der Waals surface area contributed by atoms with Gasteiger partial charge in [0.25, 0.3) is 5.91 Å². The number of halogens is 1. The van der Waals surface area contributed by atoms with Gasteiger partial charge in [-0.3, -0.25) is 4.79 Å². The van der Waals surface area contributed by atoms with E-state index in [1.807, 2.05) is 19.1 Å². The predicted octanol–water partition coefficient (Wildman–Crippen LogP) is 1.74. The fourth-order valence-corrected chi connectivity index (χ4v) is 1.48. The van der Waals surface area contributed by atoms with E-state index in [2.05, 4.69) is 22.6 Å². The first-order valence-corrected chi connectivity index (χ1v) is 5.77. The highest BCUT2D eigenvalue weighted by atomic mass is 127. The summed E-state index contributed by atoms with van der Waals surface area (Å²) in [6.45, 7) is 1.79. The lowest BCUT2D eigenvalue weighted by Crippen LogP contribution is -2.37. The van der Waals surface area contributed by atoms with Gasteiger partial charge in [-0.05, 0) is 53.8 Å². The Hall–Kier alpha value is -0.620. The number of benzene rings is 1. The fourth-order valence-electron chi connectivity index (χ4n) is 1.12. The maximum absolute atomic E-state index is 11.9. The Bertz CT molecular complexity index is 337. The van der Waals surface area contributed by atoms with Crippen molar-refractivity contribution in [3.63, 3.8) is 0 Å². The van der Waals surface area contributed by atoms with Crippen molar-refractivity contribution in [2.75, 3.05) is 13.7 Å². The third kappa shape index (κ3) is 3.17. The summed E-state index contributed by atoms with van der Waals surface area (Å²) >= 11 is 2.19. The zero-order valence-corrected chi connectivity index (χ0v) is 10.9. The maximum Gasteiger partial charge on any atom is 0.253 e. The molecule has 1 aromatic carbocycles. The average molecular weight is 319 g/mol. The van der Waals surface area contributed by atoms with E-state index in [1.54, 1.807) is 24.1 Å². The first-order valence-electron chi connectivity index (χ1n) is 4.70. The highest BCUT2D eigenvalue weighted by Crippen LogP contribution is 2.10. The lowest BCUT2D eigenvalue weighted by Gasteiger charge is -2.23. The monoisotopic (exact) mass is 319 g/mol. The minimum atomic E-state index is -0.156. The first kappa shape index (κ1) is 12.4. The molecule has 3 nitrogen and oxygen atoms in total. The molecular formula is C11H14INO2. The molecule has 0 saturated carbocycles. The van der Waals surface area contributed by atoms with Crippen molar-refractivity contribution in [3.05, 3.63) is 33.4 Å². The molecule has 1 amide bonds. The maximum atomic E-state index is 11.9. The van der Waals surface area contributed by atoms with Gasteiger partial charge in [-0.1, -0.05) is 0 Å². The molecule has 0 aromatic heterocycles. The summed E-state index contributed by atoms with van der Waals surface area (Å²) in [5.74, 6) is -0.0621. The van der Waals surface area contributed by atoms with Crippen LogP contribution in [0.3, 0.4) is 0 Å². The van der Waals surface area contributed by atoms with E-state index in [9.17, 15) is 4.79 Å². The SMILES string of the molecule is CC(CO)N(C)C(=O)c1ccc(I)cc1. The Balaban J connectivity index is 2.80. The standard InChI is InChI=1S/C11H14INO2/c1-8(7-14)13(2)11(15)9-3-5-10(12)6-4-9/h3-6,8,14H,7H2,1-2H3. The minimum Gasteiger partial charge on any atom is -0.394 e. The van der Waals surface area contributed by atoms with E-state index in [0.717, 1.165) is 3.57 Å². The van der Waals surface area contributed by atoms with Gasteiger partial charge >= 0.3 is 0 Å². The molecule has 82 valence electrons. The van der Waals surface area contributed by atoms with Crippen molar-refractivity contribution in [2.24, 2.45) is 0 Å². The summed E-state index contributed by atoms with van der Waals surface area (Å²) in [7, 11) is 1.70. The molecule has 1 rings (SSSR count). The van der Waals surface area contributed by atoms with Crippen LogP contribution in [0.2, 0.25) is 0 Å². The van der Waals surface area contributed by atoms with Crippen molar-refractivity contribution in [3.8, 4) is 0 Å². The van der Waals surface area contributed by atoms with E-state index in [0.29, 0.717) is 5.56 Å². The summed E-state index contributed by atoms with van der Waals surface area (Å²) in [6, 6.07) is 7.23. The molecule has 15 heavy (non-hydrogen) atoms. The zero-order chi connectivity index (χ0) is 11.4. The summed E-state index contributed by atoms with van der Waals surface area (Å²) in [6.07, 6.45) is 0. The molecule has 4 heteroatoms. The van der Waals surface area contributed by atoms with Gasteiger partial charge in [0, 0.05) is 16.2 Å². The minimum absolute atomic E-state index is 0.0212. The zero-order valence-electron chi connectivity index (χ0n) is 8.77. The van der Waals surface area contributed by atoms with Gasteiger partial charge in [0.15, 0.2) is 0 Å². The molecule has 0 radical (unpaired) electrons. The quantitative estimate of drug-likeness (QED) is 0.862. The van der Waals surface area contributed by atoms with Crippen LogP contribution >= 0.6 is 22.6 Å². The van der Waals surface area contributed by atoms with E-state index in [-0.39, 0.29) is 18.6 Å². The second kappa shape index (κ2) is 5.46. The number of carbonyl (C=O) groups is 1. The van der Waals surface area contributed by atoms with Crippen LogP contribution in [0.15, 0.2) is 24.3 Å². The molecule has 0 aliphatic carbocycles. The summed E-state index contributed by atoms with van der Waals surface area (Å²) in [4.78, 5) is 13.4. The van der Waals surface area contributed by atoms with Crippen LogP contribution in [0.25, 0.3) is 0 Å². The van der Waals surface area contributed by atoms with Gasteiger partial charge < -0.3 is 10.0 Å². The number of nitrogens with zero attached hydrogens (tertiary/aromatic N) is 1. The van der Waals surface area contributed by atoms with Crippen molar-refractivity contribution >= 4 is 28.5 Å². The van der Waals surface area contributed by atoms with Gasteiger partial charge in [-0.2, -0.15) is 0 Å². The van der Waals surface area contributed by atoms with Crippen LogP contribution in [0, 0.1) is 3.57 Å². The second-order valence-corrected chi connectivity index (χ2v) is 4.70. The Morgan fingerprint density at radius 2 is 2.00 bits per heavy atom. The van der Waals surface area contributed by atoms with Crippen molar-refractivity contribution in [2.45, 2.75) is 13.0 Å². The lowest BCUT2D eigenvalue weighted by molar-refractivity contribution is 0.0682. The van der Waals surface area contributed by atoms with Gasteiger partial charge in [0.05, 0.1) is 12.6 Å². The summed E-state index contributed by atoms with van der Waals surface area (Å²) < 4.78 is 1.10. The topological polar surface area (TPSA) is 40.5 Å². The fraction of sp³-hybridized carbons (Fsp3) is 0.364. The number of aliphatic hydroxyl groups is 1. The second-order valence-electron chi connectivity index (χ2n) is 3.45. The molecule has 1 N–H and O–H groups in total. The van der Waals surface area contributed by atoms with E-state index in [1.165, 1.54) is 0 Å². The average Bonchev–Trinajstić information content (AvgIpc) is 2.27. The van der Waals surface area contributed by atoms with Crippen molar-refractivity contribution in [1.29, 1.82) is 0 Å². The van der Waals surface area contributed by atoms with Crippen LogP contribution < -0.4 is 0 Å². The van der Waals surface area contributed by atoms with Gasteiger partial charge in [-0.15, -0.1) is 0 Å². The Morgan fingerprint density at radius 1 is 1.47 bits per heavy atom. The molecule has 1 aromatic rings. The molecule has 1 atom stereocenters. The molecule has 0 bridgehead atoms. The number of hydrogen-bond acceptors (Lipinski definition) is 2. The number of rotatable bonds is 3. The molecule has 0 heterocycles. The molecule has 0 aliphatic rings. The normalized spacial score (nSPS) is 12.3. The molecule has 0 fully saturated rings. The van der Waals surface area contributed by atoms with Gasteiger partial charge in [0.2, 0.25) is 0 Å². The molecule has 1 unspecified atom stereocenters. The Morgan fingerprint density at radius 3 is 2.47 bits per heavy atom. The highest BCUT2D eigenvalue weighted by molar-refractivity contribution is 14.1. The molecular weight excluding hydrogens is 305 g/mol. The summed E-state index contributed by atoms with van der Waals surface area (Å²) in [5, 5.41) is 8.95. The van der Waals surface area contributed by atoms with Crippen LogP contribution in [0.5, 0.6) is 0 Å². The largest absolute Gasteiger partial charge is 0.394 e. The van der Waals surface area contributed by atoms with Crippen molar-refractivity contribution in [1.82, 2.24) is 4.90 Å². The number of amides is 1. The third-order valence-electron chi connectivity index (χ3n) is 2.34. The van der Waals surface area contributed by atoms with Gasteiger partial charge in [0.1, 0.15) is 0 Å². The first-order chi connectivity index (χ1) is 7.06. The predicted molar refractivity (Wildman–Crippen MR) is 67.8 cm³/mol. The van der Waals surface area contributed by atoms with E-state index < -0.39 is 0 Å². The number of carbonyl (C=O) groups excluding carboxylic acids is 1. The number of likely N-dealkylation sites (N-methyl/N-ethyl adjacent to an activating group) is 1. The molecule has 0 saturated heterocycles. The van der Waals surface area contributed by atoms with Gasteiger partial charge in [-0.25, -0.2) is 0 Å². The van der Waals surface area contributed by atoms with E-state index in [4.69, 9.17) is 5.11 Å². The van der Waals surface area contributed by atoms with Crippen LogP contribution in [-0.2, 0) is 0 Å². The Labute approximate surface area is 103 Å².